The van der Waals surface area contributed by atoms with Crippen molar-refractivity contribution in [1.82, 2.24) is 5.32 Å². The van der Waals surface area contributed by atoms with Crippen LogP contribution in [0.5, 0.6) is 5.75 Å². The van der Waals surface area contributed by atoms with Crippen molar-refractivity contribution in [1.29, 1.82) is 0 Å². The van der Waals surface area contributed by atoms with Crippen molar-refractivity contribution in [3.63, 3.8) is 0 Å². The van der Waals surface area contributed by atoms with Crippen molar-refractivity contribution < 1.29 is 14.3 Å². The van der Waals surface area contributed by atoms with Crippen LogP contribution in [0.25, 0.3) is 0 Å². The van der Waals surface area contributed by atoms with E-state index in [1.54, 1.807) is 13.0 Å². The number of aryl methyl sites for hydroxylation is 1. The Hall–Kier alpha value is -2.53. The molecular weight excluding hydrogens is 340 g/mol. The van der Waals surface area contributed by atoms with Crippen LogP contribution in [-0.4, -0.2) is 24.5 Å². The summed E-state index contributed by atoms with van der Waals surface area (Å²) >= 11 is 6.09. The maximum Gasteiger partial charge on any atom is 0.268 e. The Balaban J connectivity index is 1.73. The lowest BCUT2D eigenvalue weighted by Gasteiger charge is -2.32. The largest absolute Gasteiger partial charge is 0.479 e. The van der Waals surface area contributed by atoms with E-state index >= 15 is 0 Å². The molecule has 0 fully saturated rings. The summed E-state index contributed by atoms with van der Waals surface area (Å²) in [6.45, 7) is 3.86. The molecule has 1 heterocycles. The zero-order chi connectivity index (χ0) is 18.0. The van der Waals surface area contributed by atoms with Crippen molar-refractivity contribution in [2.45, 2.75) is 26.5 Å². The number of ether oxygens (including phenoxy) is 1. The predicted molar refractivity (Wildman–Crippen MR) is 96.9 cm³/mol. The highest BCUT2D eigenvalue weighted by Crippen LogP contribution is 2.34. The Morgan fingerprint density at radius 2 is 2.04 bits per heavy atom. The second kappa shape index (κ2) is 7.15. The molecule has 25 heavy (non-hydrogen) atoms. The summed E-state index contributed by atoms with van der Waals surface area (Å²) in [5, 5.41) is 3.41. The second-order valence-electron chi connectivity index (χ2n) is 6.02. The van der Waals surface area contributed by atoms with Gasteiger partial charge >= 0.3 is 0 Å². The molecule has 2 aromatic carbocycles. The number of halogens is 1. The third-order valence-electron chi connectivity index (χ3n) is 4.06. The highest BCUT2D eigenvalue weighted by atomic mass is 35.5. The number of carbonyl (C=O) groups is 2. The molecule has 3 rings (SSSR count). The number of anilines is 1. The van der Waals surface area contributed by atoms with Crippen molar-refractivity contribution >= 4 is 29.1 Å². The van der Waals surface area contributed by atoms with Crippen LogP contribution < -0.4 is 15.0 Å². The molecule has 0 radical (unpaired) electrons. The van der Waals surface area contributed by atoms with Gasteiger partial charge < -0.3 is 10.1 Å². The molecule has 1 aliphatic rings. The molecule has 0 saturated carbocycles. The lowest BCUT2D eigenvalue weighted by Crippen LogP contribution is -2.48. The molecule has 0 bridgehead atoms. The number of hydrogen-bond acceptors (Lipinski definition) is 3. The third-order valence-corrected chi connectivity index (χ3v) is 4.43. The van der Waals surface area contributed by atoms with E-state index < -0.39 is 6.10 Å². The van der Waals surface area contributed by atoms with Crippen LogP contribution in [0.3, 0.4) is 0 Å². The Morgan fingerprint density at radius 1 is 1.28 bits per heavy atom. The van der Waals surface area contributed by atoms with Crippen LogP contribution in [0.2, 0.25) is 5.02 Å². The molecule has 2 aromatic rings. The molecule has 2 amide bonds. The van der Waals surface area contributed by atoms with E-state index in [4.69, 9.17) is 16.3 Å². The average molecular weight is 359 g/mol. The van der Waals surface area contributed by atoms with E-state index in [1.165, 1.54) is 4.90 Å². The lowest BCUT2D eigenvalue weighted by molar-refractivity contribution is -0.128. The molecule has 1 atom stereocenters. The van der Waals surface area contributed by atoms with Gasteiger partial charge in [0, 0.05) is 11.6 Å². The number of nitrogens with zero attached hydrogens (tertiary/aromatic N) is 1. The van der Waals surface area contributed by atoms with E-state index in [0.29, 0.717) is 23.0 Å². The number of amides is 2. The first-order chi connectivity index (χ1) is 12.0. The van der Waals surface area contributed by atoms with E-state index in [-0.39, 0.29) is 18.4 Å². The number of fused-ring (bicyclic) bond motifs is 1. The van der Waals surface area contributed by atoms with Crippen molar-refractivity contribution in [2.75, 3.05) is 11.4 Å². The Morgan fingerprint density at radius 3 is 2.80 bits per heavy atom. The van der Waals surface area contributed by atoms with Crippen LogP contribution in [0.15, 0.2) is 42.5 Å². The fraction of sp³-hybridized carbons (Fsp3) is 0.263. The molecule has 0 spiro atoms. The van der Waals surface area contributed by atoms with Crippen molar-refractivity contribution in [2.24, 2.45) is 0 Å². The highest BCUT2D eigenvalue weighted by Gasteiger charge is 2.32. The minimum Gasteiger partial charge on any atom is -0.479 e. The summed E-state index contributed by atoms with van der Waals surface area (Å²) in [6, 6.07) is 12.9. The summed E-state index contributed by atoms with van der Waals surface area (Å²) in [4.78, 5) is 26.3. The van der Waals surface area contributed by atoms with Gasteiger partial charge in [-0.3, -0.25) is 14.5 Å². The van der Waals surface area contributed by atoms with Gasteiger partial charge in [0.1, 0.15) is 12.3 Å². The van der Waals surface area contributed by atoms with Gasteiger partial charge in [0.2, 0.25) is 5.91 Å². The summed E-state index contributed by atoms with van der Waals surface area (Å²) in [5.74, 6) is 0.123. The van der Waals surface area contributed by atoms with Crippen LogP contribution in [-0.2, 0) is 16.1 Å². The molecular formula is C19H19ClN2O3. The SMILES string of the molecule is Cc1ccc2c(c1)N(CC(=O)NCc1ccccc1Cl)C(=O)[C@@H](C)O2. The summed E-state index contributed by atoms with van der Waals surface area (Å²) < 4.78 is 5.62. The molecule has 130 valence electrons. The summed E-state index contributed by atoms with van der Waals surface area (Å²) in [6.07, 6.45) is -0.619. The Kier molecular flexibility index (Phi) is 4.95. The average Bonchev–Trinajstić information content (AvgIpc) is 2.59. The molecule has 1 N–H and O–H groups in total. The fourth-order valence-corrected chi connectivity index (χ4v) is 2.92. The smallest absolute Gasteiger partial charge is 0.268 e. The zero-order valence-corrected chi connectivity index (χ0v) is 14.8. The summed E-state index contributed by atoms with van der Waals surface area (Å²) in [5.41, 5.74) is 2.44. The van der Waals surface area contributed by atoms with E-state index in [9.17, 15) is 9.59 Å². The maximum absolute atomic E-state index is 12.5. The zero-order valence-electron chi connectivity index (χ0n) is 14.1. The normalized spacial score (nSPS) is 16.2. The van der Waals surface area contributed by atoms with Gasteiger partial charge in [-0.1, -0.05) is 35.9 Å². The van der Waals surface area contributed by atoms with E-state index in [0.717, 1.165) is 11.1 Å². The molecule has 0 aromatic heterocycles. The topological polar surface area (TPSA) is 58.6 Å². The van der Waals surface area contributed by atoms with Crippen LogP contribution in [0.1, 0.15) is 18.1 Å². The monoisotopic (exact) mass is 358 g/mol. The van der Waals surface area contributed by atoms with Crippen LogP contribution in [0.4, 0.5) is 5.69 Å². The van der Waals surface area contributed by atoms with Gasteiger partial charge in [-0.2, -0.15) is 0 Å². The minimum absolute atomic E-state index is 0.0621. The lowest BCUT2D eigenvalue weighted by atomic mass is 10.1. The number of benzene rings is 2. The predicted octanol–water partition coefficient (Wildman–Crippen LogP) is 3.08. The van der Waals surface area contributed by atoms with Crippen molar-refractivity contribution in [3.05, 3.63) is 58.6 Å². The quantitative estimate of drug-likeness (QED) is 0.913. The van der Waals surface area contributed by atoms with Gasteiger partial charge in [0.15, 0.2) is 6.10 Å². The highest BCUT2D eigenvalue weighted by molar-refractivity contribution is 6.31. The number of rotatable bonds is 4. The van der Waals surface area contributed by atoms with Crippen LogP contribution >= 0.6 is 11.6 Å². The Labute approximate surface area is 151 Å². The molecule has 6 heteroatoms. The van der Waals surface area contributed by atoms with Crippen molar-refractivity contribution in [3.8, 4) is 5.75 Å². The third kappa shape index (κ3) is 3.77. The second-order valence-corrected chi connectivity index (χ2v) is 6.43. The van der Waals surface area contributed by atoms with Gasteiger partial charge in [-0.25, -0.2) is 0 Å². The molecule has 0 saturated heterocycles. The van der Waals surface area contributed by atoms with Crippen LogP contribution in [0, 0.1) is 6.92 Å². The maximum atomic E-state index is 12.5. The van der Waals surface area contributed by atoms with Gasteiger partial charge in [0.25, 0.3) is 5.91 Å². The molecule has 5 nitrogen and oxygen atoms in total. The van der Waals surface area contributed by atoms with Gasteiger partial charge in [-0.15, -0.1) is 0 Å². The number of carbonyl (C=O) groups excluding carboxylic acids is 2. The van der Waals surface area contributed by atoms with E-state index in [2.05, 4.69) is 5.32 Å². The number of nitrogens with one attached hydrogen (secondary N) is 1. The van der Waals surface area contributed by atoms with E-state index in [1.807, 2.05) is 43.3 Å². The first kappa shape index (κ1) is 17.3. The molecule has 0 unspecified atom stereocenters. The standard InChI is InChI=1S/C19H19ClN2O3/c1-12-7-8-17-16(9-12)22(19(24)13(2)25-17)11-18(23)21-10-14-5-3-4-6-15(14)20/h3-9,13H,10-11H2,1-2H3,(H,21,23)/t13-/m1/s1. The molecule has 0 aliphatic carbocycles. The summed E-state index contributed by atoms with van der Waals surface area (Å²) in [7, 11) is 0. The number of hydrogen-bond donors (Lipinski definition) is 1. The van der Waals surface area contributed by atoms with Gasteiger partial charge in [-0.05, 0) is 43.2 Å². The minimum atomic E-state index is -0.619. The van der Waals surface area contributed by atoms with Gasteiger partial charge in [0.05, 0.1) is 5.69 Å². The fourth-order valence-electron chi connectivity index (χ4n) is 2.72. The first-order valence-electron chi connectivity index (χ1n) is 8.04. The molecule has 1 aliphatic heterocycles. The Bertz CT molecular complexity index is 822. The first-order valence-corrected chi connectivity index (χ1v) is 8.42.